The van der Waals surface area contributed by atoms with Gasteiger partial charge in [-0.3, -0.25) is 9.69 Å². The quantitative estimate of drug-likeness (QED) is 0.366. The van der Waals surface area contributed by atoms with E-state index in [1.54, 1.807) is 45.0 Å². The lowest BCUT2D eigenvalue weighted by Gasteiger charge is -2.42. The normalized spacial score (nSPS) is 21.5. The lowest BCUT2D eigenvalue weighted by Crippen LogP contribution is -2.55. The van der Waals surface area contributed by atoms with Gasteiger partial charge in [-0.05, 0) is 78.0 Å². The lowest BCUT2D eigenvalue weighted by atomic mass is 9.86. The molecule has 2 amide bonds. The summed E-state index contributed by atoms with van der Waals surface area (Å²) in [7, 11) is -2.44. The molecule has 0 saturated carbocycles. The molecule has 1 atom stereocenters. The summed E-state index contributed by atoms with van der Waals surface area (Å²) >= 11 is 0.929. The highest BCUT2D eigenvalue weighted by molar-refractivity contribution is 7.95. The Morgan fingerprint density at radius 1 is 1.04 bits per heavy atom. The number of carbonyl (C=O) groups is 2. The predicted molar refractivity (Wildman–Crippen MR) is 171 cm³/mol. The van der Waals surface area contributed by atoms with E-state index in [-0.39, 0.29) is 39.1 Å². The summed E-state index contributed by atoms with van der Waals surface area (Å²) in [5.74, 6) is -1.59. The van der Waals surface area contributed by atoms with E-state index >= 15 is 4.39 Å². The second kappa shape index (κ2) is 12.5. The highest BCUT2D eigenvalue weighted by Gasteiger charge is 2.61. The van der Waals surface area contributed by atoms with Crippen molar-refractivity contribution in [1.29, 1.82) is 0 Å². The molecular formula is C32H38FN5O6S2. The predicted octanol–water partition coefficient (Wildman–Crippen LogP) is 4.13. The molecule has 0 radical (unpaired) electrons. The molecule has 6 rings (SSSR count). The van der Waals surface area contributed by atoms with E-state index in [0.717, 1.165) is 49.4 Å². The van der Waals surface area contributed by atoms with Gasteiger partial charge in [-0.1, -0.05) is 18.2 Å². The molecule has 11 nitrogen and oxygen atoms in total. The Morgan fingerprint density at radius 2 is 1.74 bits per heavy atom. The van der Waals surface area contributed by atoms with Crippen molar-refractivity contribution in [3.8, 4) is 5.75 Å². The third kappa shape index (κ3) is 5.54. The Balaban J connectivity index is 1.42. The van der Waals surface area contributed by atoms with Gasteiger partial charge in [0.05, 0.1) is 28.6 Å². The van der Waals surface area contributed by atoms with Crippen LogP contribution in [0.3, 0.4) is 0 Å². The van der Waals surface area contributed by atoms with E-state index in [2.05, 4.69) is 21.8 Å². The fourth-order valence-corrected chi connectivity index (χ4v) is 9.69. The van der Waals surface area contributed by atoms with Crippen LogP contribution in [0.15, 0.2) is 46.7 Å². The number of aryl methyl sites for hydroxylation is 2. The molecule has 3 aromatic rings. The smallest absolute Gasteiger partial charge is 0.411 e. The molecule has 2 aromatic carbocycles. The van der Waals surface area contributed by atoms with Crippen LogP contribution in [0.2, 0.25) is 0 Å². The zero-order chi connectivity index (χ0) is 32.8. The maximum atomic E-state index is 15.1. The zero-order valence-corrected chi connectivity index (χ0v) is 28.0. The van der Waals surface area contributed by atoms with E-state index in [0.29, 0.717) is 41.5 Å². The van der Waals surface area contributed by atoms with Gasteiger partial charge < -0.3 is 19.3 Å². The monoisotopic (exact) mass is 671 g/mol. The van der Waals surface area contributed by atoms with Crippen molar-refractivity contribution >= 4 is 39.0 Å². The van der Waals surface area contributed by atoms with E-state index in [1.807, 2.05) is 0 Å². The lowest BCUT2D eigenvalue weighted by molar-refractivity contribution is -0.132. The van der Waals surface area contributed by atoms with Crippen LogP contribution in [0, 0.1) is 19.7 Å². The number of likely N-dealkylation sites (tertiary alicyclic amines) is 1. The number of nitrogens with zero attached hydrogens (tertiary/aromatic N) is 5. The van der Waals surface area contributed by atoms with Crippen LogP contribution >= 0.6 is 11.3 Å². The largest absolute Gasteiger partial charge is 0.493 e. The molecular weight excluding hydrogens is 634 g/mol. The first-order valence-corrected chi connectivity index (χ1v) is 17.7. The molecule has 0 N–H and O–H groups in total. The van der Waals surface area contributed by atoms with Gasteiger partial charge in [-0.25, -0.2) is 14.2 Å². The summed E-state index contributed by atoms with van der Waals surface area (Å²) in [5.41, 5.74) is -2.24. The number of piperazine rings is 1. The maximum absolute atomic E-state index is 15.1. The molecule has 2 saturated heterocycles. The number of thiazole rings is 1. The number of fused-ring (bicyclic) bond motifs is 1. The topological polar surface area (TPSA) is 113 Å². The Hall–Kier alpha value is -3.59. The number of amides is 2. The minimum Gasteiger partial charge on any atom is -0.493 e. The number of anilines is 1. The van der Waals surface area contributed by atoms with Crippen molar-refractivity contribution in [3.63, 3.8) is 0 Å². The molecule has 14 heteroatoms. The molecule has 1 unspecified atom stereocenters. The van der Waals surface area contributed by atoms with Crippen molar-refractivity contribution < 1.29 is 31.9 Å². The molecule has 1 aromatic heterocycles. The van der Waals surface area contributed by atoms with E-state index in [9.17, 15) is 18.0 Å². The summed E-state index contributed by atoms with van der Waals surface area (Å²) in [6.45, 7) is 9.22. The number of benzene rings is 2. The number of sulfonamides is 1. The first kappa shape index (κ1) is 32.4. The van der Waals surface area contributed by atoms with Crippen molar-refractivity contribution in [2.75, 3.05) is 57.2 Å². The number of piperidine rings is 1. The number of rotatable bonds is 7. The summed E-state index contributed by atoms with van der Waals surface area (Å²) in [6, 6.07) is 10.3. The number of aromatic nitrogens is 1. The number of carbonyl (C=O) groups excluding carboxylic acids is 2. The average molecular weight is 672 g/mol. The van der Waals surface area contributed by atoms with Crippen molar-refractivity contribution in [1.82, 2.24) is 19.7 Å². The van der Waals surface area contributed by atoms with Gasteiger partial charge in [0.2, 0.25) is 5.60 Å². The van der Waals surface area contributed by atoms with Crippen LogP contribution in [0.5, 0.6) is 5.75 Å². The van der Waals surface area contributed by atoms with Gasteiger partial charge in [-0.15, -0.1) is 11.3 Å². The van der Waals surface area contributed by atoms with Gasteiger partial charge in [-0.2, -0.15) is 12.7 Å². The van der Waals surface area contributed by atoms with Crippen molar-refractivity contribution in [2.45, 2.75) is 49.5 Å². The van der Waals surface area contributed by atoms with Crippen LogP contribution in [-0.2, 0) is 25.2 Å². The van der Waals surface area contributed by atoms with Gasteiger partial charge in [0.15, 0.2) is 4.21 Å². The molecule has 3 aliphatic rings. The van der Waals surface area contributed by atoms with Crippen LogP contribution in [-0.4, -0.2) is 99.1 Å². The second-order valence-corrected chi connectivity index (χ2v) is 15.1. The Bertz CT molecular complexity index is 1750. The van der Waals surface area contributed by atoms with Crippen LogP contribution in [0.1, 0.15) is 41.6 Å². The summed E-state index contributed by atoms with van der Waals surface area (Å²) < 4.78 is 56.2. The fourth-order valence-electron chi connectivity index (χ4n) is 6.69. The third-order valence-electron chi connectivity index (χ3n) is 8.96. The summed E-state index contributed by atoms with van der Waals surface area (Å²) in [6.07, 6.45) is 1.30. The van der Waals surface area contributed by atoms with Crippen molar-refractivity contribution in [2.24, 2.45) is 0 Å². The number of hydrogen-bond acceptors (Lipinski definition) is 10. The van der Waals surface area contributed by atoms with E-state index < -0.39 is 33.4 Å². The van der Waals surface area contributed by atoms with Gasteiger partial charge in [0, 0.05) is 37.8 Å². The minimum atomic E-state index is -4.55. The fraction of sp³-hybridized carbons (Fsp3) is 0.469. The van der Waals surface area contributed by atoms with Crippen LogP contribution < -0.4 is 9.04 Å². The molecule has 3 aliphatic heterocycles. The average Bonchev–Trinajstić information content (AvgIpc) is 3.51. The molecule has 0 bridgehead atoms. The van der Waals surface area contributed by atoms with Gasteiger partial charge >= 0.3 is 6.09 Å². The molecule has 0 aliphatic carbocycles. The second-order valence-electron chi connectivity index (χ2n) is 11.9. The number of ether oxygens (including phenoxy) is 2. The van der Waals surface area contributed by atoms with E-state index in [1.165, 1.54) is 11.0 Å². The molecule has 46 heavy (non-hydrogen) atoms. The molecule has 0 spiro atoms. The van der Waals surface area contributed by atoms with Gasteiger partial charge in [0.1, 0.15) is 11.6 Å². The third-order valence-corrected chi connectivity index (χ3v) is 12.3. The summed E-state index contributed by atoms with van der Waals surface area (Å²) in [5, 5.41) is 0.501. The highest BCUT2D eigenvalue weighted by Crippen LogP contribution is 2.52. The number of para-hydroxylation sites is 1. The SMILES string of the molecule is CCOc1ccccc1C1(OC(=O)N2CCN(C3CCN(C)CC3)CC2)C(=O)N(S(=O)(=O)c2sc(C)nc2C)c2ccc(F)cc21. The Labute approximate surface area is 272 Å². The zero-order valence-electron chi connectivity index (χ0n) is 26.4. The standard InChI is InChI=1S/C32H38FN5O6S2/c1-5-43-28-9-7-6-8-25(28)32(44-31(40)37-18-16-36(17-19-37)24-12-14-35(4)15-13-24)26-20-23(33)10-11-27(26)38(30(32)39)46(41,42)29-21(2)34-22(3)45-29/h6-11,20,24H,5,12-19H2,1-4H3. The first-order chi connectivity index (χ1) is 22.0. The van der Waals surface area contributed by atoms with Gasteiger partial charge in [0.25, 0.3) is 15.9 Å². The summed E-state index contributed by atoms with van der Waals surface area (Å²) in [4.78, 5) is 39.4. The Kier molecular flexibility index (Phi) is 8.83. The molecule has 2 fully saturated rings. The maximum Gasteiger partial charge on any atom is 0.411 e. The van der Waals surface area contributed by atoms with E-state index in [4.69, 9.17) is 9.47 Å². The van der Waals surface area contributed by atoms with Crippen LogP contribution in [0.4, 0.5) is 14.9 Å². The number of hydrogen-bond donors (Lipinski definition) is 0. The first-order valence-electron chi connectivity index (χ1n) is 15.4. The van der Waals surface area contributed by atoms with Crippen LogP contribution in [0.25, 0.3) is 0 Å². The Morgan fingerprint density at radius 3 is 2.39 bits per heavy atom. The highest BCUT2D eigenvalue weighted by atomic mass is 32.2. The van der Waals surface area contributed by atoms with Crippen molar-refractivity contribution in [3.05, 3.63) is 70.1 Å². The number of halogens is 1. The molecule has 246 valence electrons. The molecule has 4 heterocycles. The minimum absolute atomic E-state index is 0.0990.